The molecule has 4 aromatic carbocycles. The minimum atomic E-state index is -0.643. The van der Waals surface area contributed by atoms with Crippen LogP contribution in [0.25, 0.3) is 0 Å². The van der Waals surface area contributed by atoms with Crippen LogP contribution >= 0.6 is 0 Å². The summed E-state index contributed by atoms with van der Waals surface area (Å²) in [4.78, 5) is 32.5. The summed E-state index contributed by atoms with van der Waals surface area (Å²) in [6, 6.07) is 7.11. The molecule has 19 nitrogen and oxygen atoms in total. The number of carboxylic acids is 1. The number of nitriles is 2. The van der Waals surface area contributed by atoms with E-state index in [2.05, 4.69) is 56.2 Å². The van der Waals surface area contributed by atoms with Crippen molar-refractivity contribution in [3.05, 3.63) is 90.0 Å². The summed E-state index contributed by atoms with van der Waals surface area (Å²) in [7, 11) is 4.10. The van der Waals surface area contributed by atoms with E-state index in [4.69, 9.17) is 29.8 Å². The van der Waals surface area contributed by atoms with Crippen LogP contribution in [0.4, 0.5) is 0 Å². The molecule has 2 saturated carbocycles. The zero-order valence-corrected chi connectivity index (χ0v) is 63.7. The molecule has 8 heterocycles. The van der Waals surface area contributed by atoms with Crippen LogP contribution < -0.4 is 30.0 Å². The van der Waals surface area contributed by atoms with Crippen LogP contribution in [0.3, 0.4) is 0 Å². The molecule has 4 bridgehead atoms. The maximum Gasteiger partial charge on any atom is 0.303 e. The van der Waals surface area contributed by atoms with E-state index >= 15 is 0 Å². The number of benzene rings is 4. The zero-order chi connectivity index (χ0) is 63.0. The number of likely N-dealkylation sites (N-methyl/N-ethyl adjacent to an activating group) is 2. The number of phenolic OH excluding ortho intramolecular Hbond substituents is 4. The van der Waals surface area contributed by atoms with Gasteiger partial charge in [0.25, 0.3) is 0 Å². The summed E-state index contributed by atoms with van der Waals surface area (Å²) in [5.74, 6) is 4.05. The molecule has 0 aromatic heterocycles. The van der Waals surface area contributed by atoms with E-state index in [9.17, 15) is 40.5 Å². The van der Waals surface area contributed by atoms with E-state index in [0.29, 0.717) is 103 Å². The van der Waals surface area contributed by atoms with Gasteiger partial charge >= 0.3 is 5.97 Å². The number of rotatable bonds is 9. The van der Waals surface area contributed by atoms with Gasteiger partial charge in [-0.05, 0) is 139 Å². The third-order valence-corrected chi connectivity index (χ3v) is 22.6. The molecule has 2 aliphatic carbocycles. The molecule has 4 aromatic rings. The fourth-order valence-corrected chi connectivity index (χ4v) is 17.8. The number of nitrogens with zero attached hydrogens (tertiary/aromatic N) is 6. The Kier molecular flexibility index (Phi) is 22.0. The van der Waals surface area contributed by atoms with Crippen LogP contribution in [0, 0.1) is 164 Å². The minimum absolute atomic E-state index is 0. The predicted molar refractivity (Wildman–Crippen MR) is 333 cm³/mol. The van der Waals surface area contributed by atoms with Crippen molar-refractivity contribution < 1.29 is 142 Å². The Morgan fingerprint density at radius 1 is 0.560 bits per heavy atom. The predicted octanol–water partition coefficient (Wildman–Crippen LogP) is 9.91. The summed E-state index contributed by atoms with van der Waals surface area (Å²) >= 11 is 0. The number of piperazine rings is 2. The number of phenols is 4. The minimum Gasteiger partial charge on any atom is -0.507 e. The number of aryl methyl sites for hydroxylation is 2. The summed E-state index contributed by atoms with van der Waals surface area (Å²) in [6.45, 7) is 12.3. The van der Waals surface area contributed by atoms with Crippen LogP contribution in [-0.2, 0) is 35.3 Å². The molecule has 4 fully saturated rings. The van der Waals surface area contributed by atoms with E-state index in [0.717, 1.165) is 79.6 Å². The Labute approximate surface area is 607 Å². The molecule has 2 unspecified atom stereocenters. The van der Waals surface area contributed by atoms with Gasteiger partial charge in [-0.1, -0.05) is 76.3 Å². The maximum absolute atomic E-state index is 13.3. The Morgan fingerprint density at radius 2 is 0.967 bits per heavy atom. The number of nitrogens with one attached hydrogen (secondary N) is 1. The van der Waals surface area contributed by atoms with Gasteiger partial charge in [0.1, 0.15) is 35.1 Å². The Balaban J connectivity index is 0.000000171. The van der Waals surface area contributed by atoms with E-state index < -0.39 is 24.1 Å². The largest absolute Gasteiger partial charge is 0.507 e. The molecule has 482 valence electrons. The van der Waals surface area contributed by atoms with E-state index in [-0.39, 0.29) is 168 Å². The number of carboxylic acid groups (broad SMARTS) is 1. The summed E-state index contributed by atoms with van der Waals surface area (Å²) in [5.41, 5.74) is 18.8. The number of hydrogen-bond donors (Lipinski definition) is 7. The molecular formula is C70H90Ac2N8O11. The summed E-state index contributed by atoms with van der Waals surface area (Å²) < 4.78 is 23.5. The third kappa shape index (κ3) is 12.4. The molecule has 91 heavy (non-hydrogen) atoms. The van der Waals surface area contributed by atoms with Gasteiger partial charge in [0, 0.05) is 183 Å². The number of aliphatic carboxylic acids is 1. The Bertz CT molecular complexity index is 3540. The second-order valence-electron chi connectivity index (χ2n) is 27.2. The fraction of sp³-hybridized carbons (Fsp3) is 0.600. The molecule has 8 aliphatic heterocycles. The van der Waals surface area contributed by atoms with Crippen molar-refractivity contribution >= 4 is 11.9 Å². The first kappa shape index (κ1) is 69.7. The first-order valence-corrected chi connectivity index (χ1v) is 32.7. The van der Waals surface area contributed by atoms with Gasteiger partial charge < -0.3 is 55.5 Å². The van der Waals surface area contributed by atoms with Crippen molar-refractivity contribution in [3.63, 3.8) is 0 Å². The molecule has 0 spiro atoms. The molecule has 2 saturated heterocycles. The SMILES string of the molecule is Cc1cc2c(c(O)c1C)[C@@H]1C3Cc4c(O)c(C)c5c(c4[C@H](CN)N3[C@@H](C#N)[C@H](C2)N1C)OCO5.Cc1cc2c(c(O)c1C)[C@@H]1C3Cc4c(O)c(C)c5c(c4[C@H](CNC(=O)CCC4CCCCC4)N3[C@@H](C#N)[C@H](C2)N1C)OCO5.O=C(O)CCC1CCCCC1.[Ac].[Ac]. The van der Waals surface area contributed by atoms with Gasteiger partial charge in [-0.15, -0.1) is 0 Å². The van der Waals surface area contributed by atoms with Crippen molar-refractivity contribution in [1.82, 2.24) is 24.9 Å². The molecule has 10 aliphatic rings. The van der Waals surface area contributed by atoms with Crippen LogP contribution in [0.2, 0.25) is 0 Å². The van der Waals surface area contributed by atoms with Crippen molar-refractivity contribution in [3.8, 4) is 58.1 Å². The Morgan fingerprint density at radius 3 is 1.38 bits per heavy atom. The quantitative estimate of drug-likeness (QED) is 0.0821. The molecular weight excluding hydrogens is 1580 g/mol. The fourth-order valence-electron chi connectivity index (χ4n) is 17.8. The molecule has 14 rings (SSSR count). The maximum atomic E-state index is 13.3. The number of carbonyl (C=O) groups is 2. The number of nitrogens with two attached hydrogens (primary N) is 1. The van der Waals surface area contributed by atoms with Crippen LogP contribution in [0.5, 0.6) is 46.0 Å². The molecule has 2 radical (unpaired) electrons. The van der Waals surface area contributed by atoms with Gasteiger partial charge in [-0.25, -0.2) is 0 Å². The van der Waals surface area contributed by atoms with Crippen molar-refractivity contribution in [2.24, 2.45) is 17.6 Å². The van der Waals surface area contributed by atoms with Crippen LogP contribution in [0.15, 0.2) is 12.1 Å². The smallest absolute Gasteiger partial charge is 0.303 e. The van der Waals surface area contributed by atoms with Gasteiger partial charge in [-0.3, -0.25) is 29.2 Å². The molecule has 1 amide bonds. The average Bonchev–Trinajstić information content (AvgIpc) is 1.30. The average molecular weight is 1670 g/mol. The van der Waals surface area contributed by atoms with E-state index in [1.165, 1.54) is 64.2 Å². The van der Waals surface area contributed by atoms with E-state index in [1.807, 2.05) is 48.6 Å². The van der Waals surface area contributed by atoms with Gasteiger partial charge in [0.2, 0.25) is 19.5 Å². The van der Waals surface area contributed by atoms with Crippen molar-refractivity contribution in [2.45, 2.75) is 218 Å². The zero-order valence-electron chi connectivity index (χ0n) is 54.2. The third-order valence-electron chi connectivity index (χ3n) is 22.6. The second kappa shape index (κ2) is 28.7. The first-order chi connectivity index (χ1) is 42.8. The second-order valence-corrected chi connectivity index (χ2v) is 27.2. The summed E-state index contributed by atoms with van der Waals surface area (Å²) in [5, 5.41) is 78.5. The first-order valence-electron chi connectivity index (χ1n) is 32.7. The standard InChI is InChI=1S/C35H44N4O5.C26H30N4O4.C9H16O2.2Ac/c1-18-12-22-13-24-26(15-36)39-25(31(38(24)4)29(22)33(42)19(18)2)14-23-30(35-34(43-17-44-35)20(3)32(23)41)27(39)16-37-28(40)11-10-21-8-6-5-7-9-21;1-11-5-14-6-16-18(8-27)30-17(22(29(16)4)20(14)24(32)12(11)2)7-15-21(19(30)9-28)26-25(33-10-34-26)13(3)23(15)31;10-9(11)7-6-8-4-2-1-3-5-8;;/h12,21,24-27,31,41-42H,5-11,13-14,16-17H2,1-4H3,(H,37,40);5,16-19,22,31-32H,6-7,9-10,28H2,1-4H3;8H,1-7H2,(H,10,11);;/t24-,25?,26-,27-,31-;16-,17?,18-,19-,22-;;;/m00.../s1. The number of hydrogen-bond acceptors (Lipinski definition) is 17. The van der Waals surface area contributed by atoms with Crippen LogP contribution in [0.1, 0.15) is 192 Å². The van der Waals surface area contributed by atoms with Gasteiger partial charge in [0.15, 0.2) is 23.0 Å². The molecule has 21 heteroatoms. The van der Waals surface area contributed by atoms with Crippen molar-refractivity contribution in [2.75, 3.05) is 40.8 Å². The number of ether oxygens (including phenoxy) is 4. The molecule has 10 atom stereocenters. The van der Waals surface area contributed by atoms with Crippen molar-refractivity contribution in [1.29, 1.82) is 10.5 Å². The van der Waals surface area contributed by atoms with Crippen LogP contribution in [-0.4, -0.2) is 134 Å². The monoisotopic (exact) mass is 1670 g/mol. The number of fused-ring (bicyclic) bond motifs is 18. The normalized spacial score (nSPS) is 26.7. The molecule has 8 N–H and O–H groups in total. The number of aromatic hydroxyl groups is 4. The Hall–Kier alpha value is -4.12. The number of amides is 1. The summed E-state index contributed by atoms with van der Waals surface area (Å²) in [6.07, 6.45) is 17.6. The van der Waals surface area contributed by atoms with Gasteiger partial charge in [0.05, 0.1) is 36.3 Å². The topological polar surface area (TPSA) is 271 Å². The number of carbonyl (C=O) groups excluding carboxylic acids is 1. The van der Waals surface area contributed by atoms with Gasteiger partial charge in [-0.2, -0.15) is 10.5 Å². The van der Waals surface area contributed by atoms with E-state index in [1.54, 1.807) is 0 Å².